The molecule has 0 atom stereocenters. The summed E-state index contributed by atoms with van der Waals surface area (Å²) in [6, 6.07) is 43.6. The molecule has 5 aromatic heterocycles. The van der Waals surface area contributed by atoms with Crippen molar-refractivity contribution in [3.63, 3.8) is 0 Å². The van der Waals surface area contributed by atoms with Crippen LogP contribution in [0.5, 0.6) is 0 Å². The highest BCUT2D eigenvalue weighted by molar-refractivity contribution is 6.23. The fourth-order valence-electron chi connectivity index (χ4n) is 7.11. The van der Waals surface area contributed by atoms with E-state index in [0.717, 1.165) is 44.3 Å². The number of nitrogens with zero attached hydrogens (tertiary/aromatic N) is 5. The topological polar surface area (TPSA) is 40.0 Å². The SMILES string of the molecule is c1ccc(-n2c3ccccc3c3cc4c5cc6c(cc5n(-c5ccccc5)c4cc32)c2ncccc2n2ccnc62)cc1. The lowest BCUT2D eigenvalue weighted by Crippen LogP contribution is -1.96. The molecule has 0 N–H and O–H groups in total. The predicted octanol–water partition coefficient (Wildman–Crippen LogP) is 9.23. The molecule has 5 nitrogen and oxygen atoms in total. The van der Waals surface area contributed by atoms with Gasteiger partial charge in [0, 0.05) is 62.3 Å². The van der Waals surface area contributed by atoms with E-state index in [0.29, 0.717) is 0 Å². The lowest BCUT2D eigenvalue weighted by Gasteiger charge is -2.11. The van der Waals surface area contributed by atoms with E-state index in [1.54, 1.807) is 0 Å². The van der Waals surface area contributed by atoms with Gasteiger partial charge < -0.3 is 9.13 Å². The van der Waals surface area contributed by atoms with Gasteiger partial charge in [0.1, 0.15) is 5.65 Å². The van der Waals surface area contributed by atoms with Crippen molar-refractivity contribution in [2.45, 2.75) is 0 Å². The quantitative estimate of drug-likeness (QED) is 0.202. The molecule has 200 valence electrons. The number of pyridine rings is 2. The normalized spacial score (nSPS) is 12.2. The van der Waals surface area contributed by atoms with Crippen LogP contribution in [0.1, 0.15) is 0 Å². The van der Waals surface area contributed by atoms with Crippen LogP contribution in [0.2, 0.25) is 0 Å². The highest BCUT2D eigenvalue weighted by Gasteiger charge is 2.20. The summed E-state index contributed by atoms with van der Waals surface area (Å²) in [5.74, 6) is 0. The van der Waals surface area contributed by atoms with Gasteiger partial charge in [-0.1, -0.05) is 54.6 Å². The Morgan fingerprint density at radius 2 is 1.00 bits per heavy atom. The number of aromatic nitrogens is 5. The second-order valence-electron chi connectivity index (χ2n) is 11.2. The summed E-state index contributed by atoms with van der Waals surface area (Å²) in [6.07, 6.45) is 5.78. The molecule has 0 saturated heterocycles. The number of imidazole rings is 1. The summed E-state index contributed by atoms with van der Waals surface area (Å²) in [6.45, 7) is 0. The summed E-state index contributed by atoms with van der Waals surface area (Å²) in [4.78, 5) is 9.66. The van der Waals surface area contributed by atoms with E-state index in [-0.39, 0.29) is 0 Å². The second-order valence-corrected chi connectivity index (χ2v) is 11.2. The molecule has 0 fully saturated rings. The van der Waals surface area contributed by atoms with Gasteiger partial charge in [-0.25, -0.2) is 4.98 Å². The Morgan fingerprint density at radius 1 is 0.395 bits per heavy atom. The van der Waals surface area contributed by atoms with Gasteiger partial charge in [-0.05, 0) is 66.7 Å². The molecule has 10 aromatic rings. The van der Waals surface area contributed by atoms with Gasteiger partial charge >= 0.3 is 0 Å². The maximum Gasteiger partial charge on any atom is 0.145 e. The predicted molar refractivity (Wildman–Crippen MR) is 177 cm³/mol. The fraction of sp³-hybridized carbons (Fsp3) is 0. The van der Waals surface area contributed by atoms with Crippen LogP contribution >= 0.6 is 0 Å². The Morgan fingerprint density at radius 3 is 1.77 bits per heavy atom. The molecule has 0 saturated carbocycles. The van der Waals surface area contributed by atoms with Crippen molar-refractivity contribution >= 4 is 71.1 Å². The van der Waals surface area contributed by atoms with E-state index in [2.05, 4.69) is 129 Å². The van der Waals surface area contributed by atoms with Crippen molar-refractivity contribution in [1.82, 2.24) is 23.5 Å². The van der Waals surface area contributed by atoms with Crippen LogP contribution in [0.4, 0.5) is 0 Å². The molecule has 0 amide bonds. The van der Waals surface area contributed by atoms with E-state index in [1.165, 1.54) is 38.1 Å². The van der Waals surface area contributed by atoms with E-state index < -0.39 is 0 Å². The van der Waals surface area contributed by atoms with Crippen molar-refractivity contribution in [3.8, 4) is 11.4 Å². The van der Waals surface area contributed by atoms with E-state index in [1.807, 2.05) is 24.7 Å². The minimum absolute atomic E-state index is 0.944. The molecule has 5 heterocycles. The zero-order chi connectivity index (χ0) is 28.1. The highest BCUT2D eigenvalue weighted by Crippen LogP contribution is 2.41. The average Bonchev–Trinajstić information content (AvgIpc) is 3.77. The number of fused-ring (bicyclic) bond motifs is 12. The molecule has 10 rings (SSSR count). The Labute approximate surface area is 245 Å². The molecular weight excluding hydrogens is 526 g/mol. The second kappa shape index (κ2) is 8.30. The van der Waals surface area contributed by atoms with Gasteiger partial charge in [-0.15, -0.1) is 0 Å². The monoisotopic (exact) mass is 549 g/mol. The Bertz CT molecular complexity index is 2710. The molecule has 0 unspecified atom stereocenters. The largest absolute Gasteiger partial charge is 0.309 e. The van der Waals surface area contributed by atoms with Crippen molar-refractivity contribution in [3.05, 3.63) is 140 Å². The number of rotatable bonds is 2. The molecule has 5 aromatic carbocycles. The van der Waals surface area contributed by atoms with Gasteiger partial charge in [0.15, 0.2) is 0 Å². The van der Waals surface area contributed by atoms with Crippen molar-refractivity contribution < 1.29 is 0 Å². The van der Waals surface area contributed by atoms with Crippen molar-refractivity contribution in [1.29, 1.82) is 0 Å². The zero-order valence-corrected chi connectivity index (χ0v) is 23.0. The first-order chi connectivity index (χ1) is 21.3. The molecule has 0 aliphatic heterocycles. The third kappa shape index (κ3) is 3.00. The standard InChI is InChI=1S/C38H23N5/c1-3-10-24(11-4-1)42-32-15-8-7-14-26(32)27-20-28-29-21-31-30(37-33(16-9-17-39-37)41-19-18-40-38(31)41)22-34(29)43(36(28)23-35(27)42)25-12-5-2-6-13-25/h1-23H. The Balaban J connectivity index is 1.45. The minimum atomic E-state index is 0.944. The number of para-hydroxylation sites is 3. The van der Waals surface area contributed by atoms with Gasteiger partial charge in [0.05, 0.1) is 33.1 Å². The molecule has 0 spiro atoms. The van der Waals surface area contributed by atoms with Crippen LogP contribution in [0, 0.1) is 0 Å². The van der Waals surface area contributed by atoms with E-state index >= 15 is 0 Å². The number of hydrogen-bond acceptors (Lipinski definition) is 2. The lowest BCUT2D eigenvalue weighted by atomic mass is 10.0. The zero-order valence-electron chi connectivity index (χ0n) is 23.0. The molecule has 43 heavy (non-hydrogen) atoms. The van der Waals surface area contributed by atoms with Crippen LogP contribution in [0.3, 0.4) is 0 Å². The molecule has 0 aliphatic carbocycles. The third-order valence-electron chi connectivity index (χ3n) is 8.91. The first-order valence-corrected chi connectivity index (χ1v) is 14.5. The molecule has 0 radical (unpaired) electrons. The maximum atomic E-state index is 4.86. The number of hydrogen-bond donors (Lipinski definition) is 0. The van der Waals surface area contributed by atoms with Crippen LogP contribution < -0.4 is 0 Å². The first kappa shape index (κ1) is 22.7. The van der Waals surface area contributed by atoms with Crippen LogP contribution in [-0.2, 0) is 0 Å². The highest BCUT2D eigenvalue weighted by atomic mass is 15.0. The van der Waals surface area contributed by atoms with Gasteiger partial charge in [-0.3, -0.25) is 9.38 Å². The lowest BCUT2D eigenvalue weighted by molar-refractivity contribution is 1.16. The van der Waals surface area contributed by atoms with Crippen molar-refractivity contribution in [2.75, 3.05) is 0 Å². The molecule has 0 bridgehead atoms. The first-order valence-electron chi connectivity index (χ1n) is 14.5. The third-order valence-corrected chi connectivity index (χ3v) is 8.91. The molecular formula is C38H23N5. The average molecular weight is 550 g/mol. The summed E-state index contributed by atoms with van der Waals surface area (Å²) < 4.78 is 6.94. The Hall–Kier alpha value is -5.94. The maximum absolute atomic E-state index is 4.86. The smallest absolute Gasteiger partial charge is 0.145 e. The minimum Gasteiger partial charge on any atom is -0.309 e. The Kier molecular flexibility index (Phi) is 4.39. The molecule has 5 heteroatoms. The summed E-state index contributed by atoms with van der Waals surface area (Å²) in [5, 5.41) is 7.11. The van der Waals surface area contributed by atoms with Crippen LogP contribution in [-0.4, -0.2) is 23.5 Å². The fourth-order valence-corrected chi connectivity index (χ4v) is 7.11. The van der Waals surface area contributed by atoms with Crippen LogP contribution in [0.15, 0.2) is 140 Å². The van der Waals surface area contributed by atoms with Gasteiger partial charge in [0.2, 0.25) is 0 Å². The molecule has 0 aliphatic rings. The van der Waals surface area contributed by atoms with E-state index in [4.69, 9.17) is 9.97 Å². The summed E-state index contributed by atoms with van der Waals surface area (Å²) in [7, 11) is 0. The van der Waals surface area contributed by atoms with Crippen molar-refractivity contribution in [2.24, 2.45) is 0 Å². The summed E-state index contributed by atoms with van der Waals surface area (Å²) in [5.41, 5.74) is 9.96. The number of benzene rings is 5. The van der Waals surface area contributed by atoms with E-state index in [9.17, 15) is 0 Å². The van der Waals surface area contributed by atoms with Crippen LogP contribution in [0.25, 0.3) is 82.4 Å². The van der Waals surface area contributed by atoms with Gasteiger partial charge in [-0.2, -0.15) is 0 Å². The summed E-state index contributed by atoms with van der Waals surface area (Å²) >= 11 is 0. The van der Waals surface area contributed by atoms with Gasteiger partial charge in [0.25, 0.3) is 0 Å².